The number of likely N-dealkylation sites (N-methyl/N-ethyl adjacent to an activating group) is 2. The van der Waals surface area contributed by atoms with Crippen molar-refractivity contribution in [3.63, 3.8) is 0 Å². The minimum Gasteiger partial charge on any atom is -0.384 e. The van der Waals surface area contributed by atoms with Crippen molar-refractivity contribution in [1.82, 2.24) is 9.80 Å². The molecule has 0 aliphatic rings. The molecule has 4 heteroatoms. The summed E-state index contributed by atoms with van der Waals surface area (Å²) < 4.78 is 0. The zero-order valence-electron chi connectivity index (χ0n) is 9.32. The molecule has 0 rings (SSSR count). The van der Waals surface area contributed by atoms with E-state index in [1.165, 1.54) is 0 Å². The summed E-state index contributed by atoms with van der Waals surface area (Å²) in [6.07, 6.45) is 1.62. The highest BCUT2D eigenvalue weighted by molar-refractivity contribution is 5.77. The van der Waals surface area contributed by atoms with Gasteiger partial charge in [-0.3, -0.25) is 0 Å². The molecule has 0 amide bonds. The highest BCUT2D eigenvalue weighted by Crippen LogP contribution is 1.95. The third-order valence-electron chi connectivity index (χ3n) is 1.75. The Balaban J connectivity index is 3.93. The number of aliphatic imine (C=N–C) groups is 1. The molecule has 0 aromatic rings. The number of allylic oxidation sites excluding steroid dienone is 1. The van der Waals surface area contributed by atoms with E-state index >= 15 is 0 Å². The van der Waals surface area contributed by atoms with Crippen LogP contribution in [0.1, 0.15) is 0 Å². The molecule has 0 heterocycles. The Labute approximate surface area is 86.4 Å². The van der Waals surface area contributed by atoms with Gasteiger partial charge in [0, 0.05) is 25.8 Å². The average Bonchev–Trinajstić information content (AvgIpc) is 2.09. The van der Waals surface area contributed by atoms with Crippen LogP contribution in [-0.2, 0) is 0 Å². The second-order valence-electron chi connectivity index (χ2n) is 3.47. The molecule has 0 spiro atoms. The van der Waals surface area contributed by atoms with E-state index in [0.717, 1.165) is 18.8 Å². The van der Waals surface area contributed by atoms with Crippen LogP contribution in [-0.4, -0.2) is 50.2 Å². The van der Waals surface area contributed by atoms with Gasteiger partial charge in [0.05, 0.1) is 6.21 Å². The van der Waals surface area contributed by atoms with Gasteiger partial charge in [-0.1, -0.05) is 13.2 Å². The van der Waals surface area contributed by atoms with Crippen molar-refractivity contribution in [3.8, 4) is 0 Å². The predicted octanol–water partition coefficient (Wildman–Crippen LogP) is 0.494. The van der Waals surface area contributed by atoms with Crippen molar-refractivity contribution >= 4 is 6.21 Å². The van der Waals surface area contributed by atoms with Crippen molar-refractivity contribution in [3.05, 3.63) is 24.7 Å². The Hall–Kier alpha value is -1.29. The zero-order chi connectivity index (χ0) is 11.1. The summed E-state index contributed by atoms with van der Waals surface area (Å²) in [7, 11) is 6.04. The van der Waals surface area contributed by atoms with Gasteiger partial charge in [0.15, 0.2) is 0 Å². The van der Waals surface area contributed by atoms with Crippen LogP contribution in [0.25, 0.3) is 0 Å². The third kappa shape index (κ3) is 6.25. The highest BCUT2D eigenvalue weighted by Gasteiger charge is 1.99. The molecular weight excluding hydrogens is 176 g/mol. The smallest absolute Gasteiger partial charge is 0.116 e. The van der Waals surface area contributed by atoms with E-state index in [0.29, 0.717) is 5.82 Å². The molecule has 0 aromatic carbocycles. The minimum atomic E-state index is 0.298. The normalized spacial score (nSPS) is 10.9. The molecule has 2 N–H and O–H groups in total. The van der Waals surface area contributed by atoms with E-state index in [-0.39, 0.29) is 0 Å². The summed E-state index contributed by atoms with van der Waals surface area (Å²) in [6.45, 7) is 9.23. The van der Waals surface area contributed by atoms with Gasteiger partial charge in [0.1, 0.15) is 5.82 Å². The zero-order valence-corrected chi connectivity index (χ0v) is 9.32. The van der Waals surface area contributed by atoms with Crippen LogP contribution in [0.3, 0.4) is 0 Å². The molecule has 0 saturated carbocycles. The van der Waals surface area contributed by atoms with Gasteiger partial charge in [-0.05, 0) is 14.1 Å². The number of rotatable bonds is 6. The highest BCUT2D eigenvalue weighted by atomic mass is 15.2. The molecule has 0 radical (unpaired) electrons. The molecular formula is C10H20N4. The Kier molecular flexibility index (Phi) is 5.64. The monoisotopic (exact) mass is 196 g/mol. The van der Waals surface area contributed by atoms with Crippen molar-refractivity contribution in [2.24, 2.45) is 10.7 Å². The van der Waals surface area contributed by atoms with E-state index in [1.54, 1.807) is 6.21 Å². The topological polar surface area (TPSA) is 44.9 Å². The van der Waals surface area contributed by atoms with E-state index in [9.17, 15) is 0 Å². The maximum absolute atomic E-state index is 5.30. The first-order valence-electron chi connectivity index (χ1n) is 4.46. The fourth-order valence-corrected chi connectivity index (χ4v) is 0.750. The van der Waals surface area contributed by atoms with Gasteiger partial charge in [-0.2, -0.15) is 0 Å². The lowest BCUT2D eigenvalue weighted by atomic mass is 10.4. The van der Waals surface area contributed by atoms with E-state index in [4.69, 9.17) is 5.73 Å². The summed E-state index contributed by atoms with van der Waals surface area (Å²) in [4.78, 5) is 8.01. The second kappa shape index (κ2) is 6.21. The number of nitrogens with two attached hydrogens (primary N) is 1. The lowest BCUT2D eigenvalue weighted by Gasteiger charge is -2.21. The molecule has 0 aliphatic carbocycles. The first-order valence-corrected chi connectivity index (χ1v) is 4.46. The molecule has 0 aromatic heterocycles. The molecule has 0 fully saturated rings. The first kappa shape index (κ1) is 12.7. The summed E-state index contributed by atoms with van der Waals surface area (Å²) in [5.41, 5.74) is 6.13. The Morgan fingerprint density at radius 3 is 2.29 bits per heavy atom. The molecule has 0 aliphatic heterocycles. The standard InChI is InChI=1S/C10H20N4/c1-9(8-12-10(2)11)14(5)7-6-13(3)4/h8H,1-2,6-7,11H2,3-5H3/b12-8-. The van der Waals surface area contributed by atoms with Crippen LogP contribution in [0, 0.1) is 0 Å². The molecule has 14 heavy (non-hydrogen) atoms. The van der Waals surface area contributed by atoms with Crippen LogP contribution in [0.4, 0.5) is 0 Å². The lowest BCUT2D eigenvalue weighted by Crippen LogP contribution is -2.28. The van der Waals surface area contributed by atoms with Gasteiger partial charge in [0.2, 0.25) is 0 Å². The van der Waals surface area contributed by atoms with Crippen molar-refractivity contribution in [2.45, 2.75) is 0 Å². The molecule has 0 bridgehead atoms. The number of nitrogens with zero attached hydrogens (tertiary/aromatic N) is 3. The molecule has 80 valence electrons. The van der Waals surface area contributed by atoms with E-state index in [1.807, 2.05) is 26.0 Å². The maximum Gasteiger partial charge on any atom is 0.116 e. The van der Waals surface area contributed by atoms with Crippen LogP contribution < -0.4 is 5.73 Å². The van der Waals surface area contributed by atoms with E-state index < -0.39 is 0 Å². The van der Waals surface area contributed by atoms with Crippen molar-refractivity contribution < 1.29 is 0 Å². The average molecular weight is 196 g/mol. The fourth-order valence-electron chi connectivity index (χ4n) is 0.750. The van der Waals surface area contributed by atoms with Gasteiger partial charge >= 0.3 is 0 Å². The van der Waals surface area contributed by atoms with Crippen LogP contribution in [0.2, 0.25) is 0 Å². The fraction of sp³-hybridized carbons (Fsp3) is 0.500. The number of hydrogen-bond donors (Lipinski definition) is 1. The van der Waals surface area contributed by atoms with Crippen LogP contribution >= 0.6 is 0 Å². The lowest BCUT2D eigenvalue weighted by molar-refractivity contribution is 0.335. The minimum absolute atomic E-state index is 0.298. The SMILES string of the molecule is C=C(N)/N=C\C(=C)N(C)CCN(C)C. The Bertz CT molecular complexity index is 230. The maximum atomic E-state index is 5.30. The van der Waals surface area contributed by atoms with Gasteiger partial charge in [0.25, 0.3) is 0 Å². The van der Waals surface area contributed by atoms with E-state index in [2.05, 4.69) is 23.1 Å². The first-order chi connectivity index (χ1) is 6.43. The van der Waals surface area contributed by atoms with Crippen molar-refractivity contribution in [2.75, 3.05) is 34.2 Å². The molecule has 0 unspecified atom stereocenters. The largest absolute Gasteiger partial charge is 0.384 e. The second-order valence-corrected chi connectivity index (χ2v) is 3.47. The van der Waals surface area contributed by atoms with Crippen LogP contribution in [0.5, 0.6) is 0 Å². The number of hydrogen-bond acceptors (Lipinski definition) is 4. The Morgan fingerprint density at radius 1 is 1.29 bits per heavy atom. The third-order valence-corrected chi connectivity index (χ3v) is 1.75. The predicted molar refractivity (Wildman–Crippen MR) is 62.1 cm³/mol. The molecule has 4 nitrogen and oxygen atoms in total. The quantitative estimate of drug-likeness (QED) is 0.629. The molecule has 0 atom stereocenters. The van der Waals surface area contributed by atoms with Gasteiger partial charge in [-0.15, -0.1) is 0 Å². The molecule has 0 saturated heterocycles. The summed E-state index contributed by atoms with van der Waals surface area (Å²) in [5.74, 6) is 0.298. The summed E-state index contributed by atoms with van der Waals surface area (Å²) in [5, 5.41) is 0. The summed E-state index contributed by atoms with van der Waals surface area (Å²) >= 11 is 0. The Morgan fingerprint density at radius 2 is 1.86 bits per heavy atom. The van der Waals surface area contributed by atoms with Gasteiger partial charge < -0.3 is 15.5 Å². The van der Waals surface area contributed by atoms with Crippen LogP contribution in [0.15, 0.2) is 29.7 Å². The van der Waals surface area contributed by atoms with Gasteiger partial charge in [-0.25, -0.2) is 4.99 Å². The summed E-state index contributed by atoms with van der Waals surface area (Å²) in [6, 6.07) is 0. The van der Waals surface area contributed by atoms with Crippen molar-refractivity contribution in [1.29, 1.82) is 0 Å².